The minimum Gasteiger partial charge on any atom is -0.462 e. The van der Waals surface area contributed by atoms with Crippen molar-refractivity contribution in [2.24, 2.45) is 0 Å². The number of carbonyl (C=O) groups is 1. The minimum absolute atomic E-state index is 0.313. The van der Waals surface area contributed by atoms with Crippen molar-refractivity contribution in [3.63, 3.8) is 0 Å². The smallest absolute Gasteiger partial charge is 0.340 e. The first-order chi connectivity index (χ1) is 10.2. The van der Waals surface area contributed by atoms with Crippen LogP contribution >= 0.6 is 0 Å². The number of anilines is 1. The van der Waals surface area contributed by atoms with Gasteiger partial charge in [-0.25, -0.2) is 9.48 Å². The predicted octanol–water partition coefficient (Wildman–Crippen LogP) is 2.78. The molecule has 1 aromatic heterocycles. The van der Waals surface area contributed by atoms with E-state index in [1.807, 2.05) is 30.3 Å². The van der Waals surface area contributed by atoms with Crippen LogP contribution in [0.15, 0.2) is 48.7 Å². The van der Waals surface area contributed by atoms with Gasteiger partial charge < -0.3 is 10.5 Å². The van der Waals surface area contributed by atoms with Gasteiger partial charge in [0.05, 0.1) is 35.3 Å². The summed E-state index contributed by atoms with van der Waals surface area (Å²) in [4.78, 5) is 11.9. The Labute approximate surface area is 121 Å². The molecular weight excluding hydrogens is 266 g/mol. The number of para-hydroxylation sites is 2. The number of hydrogen-bond acceptors (Lipinski definition) is 4. The predicted molar refractivity (Wildman–Crippen MR) is 81.4 cm³/mol. The van der Waals surface area contributed by atoms with Crippen molar-refractivity contribution in [1.29, 1.82) is 0 Å². The number of benzene rings is 2. The van der Waals surface area contributed by atoms with E-state index in [1.54, 1.807) is 29.9 Å². The molecule has 1 heterocycles. The molecule has 106 valence electrons. The lowest BCUT2D eigenvalue weighted by Gasteiger charge is -2.11. The average molecular weight is 281 g/mol. The van der Waals surface area contributed by atoms with Gasteiger partial charge >= 0.3 is 5.97 Å². The lowest BCUT2D eigenvalue weighted by Crippen LogP contribution is -2.11. The molecule has 0 unspecified atom stereocenters. The maximum absolute atomic E-state index is 11.9. The van der Waals surface area contributed by atoms with Crippen molar-refractivity contribution in [3.8, 4) is 5.69 Å². The summed E-state index contributed by atoms with van der Waals surface area (Å²) >= 11 is 0. The summed E-state index contributed by atoms with van der Waals surface area (Å²) in [6, 6.07) is 13.1. The lowest BCUT2D eigenvalue weighted by atomic mass is 10.1. The summed E-state index contributed by atoms with van der Waals surface area (Å²) in [5.41, 5.74) is 8.46. The molecule has 0 amide bonds. The molecule has 0 aliphatic rings. The number of esters is 1. The molecule has 0 aliphatic carbocycles. The van der Waals surface area contributed by atoms with E-state index in [0.29, 0.717) is 23.5 Å². The van der Waals surface area contributed by atoms with Gasteiger partial charge in [0.25, 0.3) is 0 Å². The number of fused-ring (bicyclic) bond motifs is 1. The number of nitrogens with two attached hydrogens (primary N) is 1. The van der Waals surface area contributed by atoms with Crippen LogP contribution in [0, 0.1) is 0 Å². The average Bonchev–Trinajstić information content (AvgIpc) is 2.91. The van der Waals surface area contributed by atoms with Gasteiger partial charge in [-0.15, -0.1) is 0 Å². The molecule has 0 fully saturated rings. The molecule has 0 radical (unpaired) electrons. The molecule has 3 aromatic rings. The van der Waals surface area contributed by atoms with Crippen LogP contribution in [0.2, 0.25) is 0 Å². The van der Waals surface area contributed by atoms with E-state index >= 15 is 0 Å². The Hall–Kier alpha value is -2.82. The quantitative estimate of drug-likeness (QED) is 0.592. The highest BCUT2D eigenvalue weighted by molar-refractivity contribution is 5.97. The van der Waals surface area contributed by atoms with Crippen LogP contribution in [0.4, 0.5) is 5.69 Å². The Balaban J connectivity index is 2.15. The van der Waals surface area contributed by atoms with Crippen LogP contribution in [-0.4, -0.2) is 22.4 Å². The lowest BCUT2D eigenvalue weighted by molar-refractivity contribution is 0.0527. The maximum atomic E-state index is 11.9. The van der Waals surface area contributed by atoms with Crippen molar-refractivity contribution < 1.29 is 9.53 Å². The second-order valence-corrected chi connectivity index (χ2v) is 4.57. The number of nitrogens with zero attached hydrogens (tertiary/aromatic N) is 2. The van der Waals surface area contributed by atoms with E-state index < -0.39 is 5.97 Å². The zero-order chi connectivity index (χ0) is 14.8. The first-order valence-corrected chi connectivity index (χ1v) is 6.71. The third-order valence-corrected chi connectivity index (χ3v) is 3.28. The molecule has 2 aromatic carbocycles. The fourth-order valence-corrected chi connectivity index (χ4v) is 2.29. The van der Waals surface area contributed by atoms with Crippen molar-refractivity contribution in [2.75, 3.05) is 12.3 Å². The highest BCUT2D eigenvalue weighted by atomic mass is 16.5. The summed E-state index contributed by atoms with van der Waals surface area (Å²) < 4.78 is 6.75. The largest absolute Gasteiger partial charge is 0.462 e. The van der Waals surface area contributed by atoms with E-state index in [2.05, 4.69) is 5.10 Å². The van der Waals surface area contributed by atoms with Crippen LogP contribution in [0.25, 0.3) is 16.6 Å². The molecule has 0 aliphatic heterocycles. The number of carbonyl (C=O) groups excluding carboxylic acids is 1. The van der Waals surface area contributed by atoms with Crippen molar-refractivity contribution in [3.05, 3.63) is 54.2 Å². The molecule has 0 saturated carbocycles. The topological polar surface area (TPSA) is 70.1 Å². The molecule has 2 N–H and O–H groups in total. The number of hydrogen-bond donors (Lipinski definition) is 1. The summed E-state index contributed by atoms with van der Waals surface area (Å²) in [6.07, 6.45) is 1.77. The SMILES string of the molecule is CCOC(=O)c1cccc(-n2ncc3ccccc32)c1N. The first kappa shape index (κ1) is 13.2. The zero-order valence-electron chi connectivity index (χ0n) is 11.6. The first-order valence-electron chi connectivity index (χ1n) is 6.71. The van der Waals surface area contributed by atoms with E-state index in [0.717, 1.165) is 10.9 Å². The normalized spacial score (nSPS) is 10.7. The Morgan fingerprint density at radius 1 is 1.24 bits per heavy atom. The molecule has 5 heteroatoms. The van der Waals surface area contributed by atoms with Gasteiger partial charge in [0.15, 0.2) is 0 Å². The van der Waals surface area contributed by atoms with Gasteiger partial charge in [-0.1, -0.05) is 24.3 Å². The summed E-state index contributed by atoms with van der Waals surface area (Å²) in [5, 5.41) is 5.37. The molecule has 0 bridgehead atoms. The fraction of sp³-hybridized carbons (Fsp3) is 0.125. The van der Waals surface area contributed by atoms with Crippen LogP contribution in [-0.2, 0) is 4.74 Å². The molecule has 0 spiro atoms. The van der Waals surface area contributed by atoms with E-state index in [4.69, 9.17) is 10.5 Å². The van der Waals surface area contributed by atoms with Gasteiger partial charge in [-0.3, -0.25) is 0 Å². The zero-order valence-corrected chi connectivity index (χ0v) is 11.6. The number of rotatable bonds is 3. The number of ether oxygens (including phenoxy) is 1. The fourth-order valence-electron chi connectivity index (χ4n) is 2.29. The summed E-state index contributed by atoms with van der Waals surface area (Å²) in [5.74, 6) is -0.423. The summed E-state index contributed by atoms with van der Waals surface area (Å²) in [7, 11) is 0. The van der Waals surface area contributed by atoms with Crippen LogP contribution in [0.3, 0.4) is 0 Å². The maximum Gasteiger partial charge on any atom is 0.340 e. The van der Waals surface area contributed by atoms with Crippen LogP contribution in [0.1, 0.15) is 17.3 Å². The molecule has 3 rings (SSSR count). The molecule has 5 nitrogen and oxygen atoms in total. The summed E-state index contributed by atoms with van der Waals surface area (Å²) in [6.45, 7) is 2.08. The Morgan fingerprint density at radius 3 is 2.86 bits per heavy atom. The highest BCUT2D eigenvalue weighted by Gasteiger charge is 2.15. The standard InChI is InChI=1S/C16H15N3O2/c1-2-21-16(20)12-7-5-9-14(15(12)17)19-13-8-4-3-6-11(13)10-18-19/h3-10H,2,17H2,1H3. The Morgan fingerprint density at radius 2 is 2.05 bits per heavy atom. The molecule has 0 atom stereocenters. The second kappa shape index (κ2) is 5.28. The second-order valence-electron chi connectivity index (χ2n) is 4.57. The number of aromatic nitrogens is 2. The van der Waals surface area contributed by atoms with Gasteiger partial charge in [0.2, 0.25) is 0 Å². The van der Waals surface area contributed by atoms with Gasteiger partial charge in [-0.05, 0) is 25.1 Å². The van der Waals surface area contributed by atoms with Crippen molar-refractivity contribution in [1.82, 2.24) is 9.78 Å². The Bertz CT molecular complexity index is 808. The van der Waals surface area contributed by atoms with E-state index in [1.165, 1.54) is 0 Å². The van der Waals surface area contributed by atoms with Gasteiger partial charge in [0, 0.05) is 5.39 Å². The van der Waals surface area contributed by atoms with Crippen LogP contribution < -0.4 is 5.73 Å². The minimum atomic E-state index is -0.423. The third-order valence-electron chi connectivity index (χ3n) is 3.28. The molecule has 0 saturated heterocycles. The number of nitrogen functional groups attached to an aromatic ring is 1. The monoisotopic (exact) mass is 281 g/mol. The Kier molecular flexibility index (Phi) is 3.31. The third kappa shape index (κ3) is 2.23. The molecular formula is C16H15N3O2. The van der Waals surface area contributed by atoms with Gasteiger partial charge in [0.1, 0.15) is 0 Å². The van der Waals surface area contributed by atoms with E-state index in [-0.39, 0.29) is 0 Å². The van der Waals surface area contributed by atoms with Crippen molar-refractivity contribution >= 4 is 22.6 Å². The van der Waals surface area contributed by atoms with Gasteiger partial charge in [-0.2, -0.15) is 5.10 Å². The van der Waals surface area contributed by atoms with Crippen molar-refractivity contribution in [2.45, 2.75) is 6.92 Å². The highest BCUT2D eigenvalue weighted by Crippen LogP contribution is 2.25. The van der Waals surface area contributed by atoms with Crippen LogP contribution in [0.5, 0.6) is 0 Å². The van der Waals surface area contributed by atoms with E-state index in [9.17, 15) is 4.79 Å². The molecule has 21 heavy (non-hydrogen) atoms.